The molecule has 0 spiro atoms. The van der Waals surface area contributed by atoms with Crippen molar-refractivity contribution < 1.29 is 29.0 Å². The van der Waals surface area contributed by atoms with E-state index < -0.39 is 41.5 Å². The average molecular weight is 617 g/mol. The number of para-hydroxylation sites is 1. The van der Waals surface area contributed by atoms with E-state index in [2.05, 4.69) is 20.9 Å². The Balaban J connectivity index is 1.79. The highest BCUT2D eigenvalue weighted by molar-refractivity contribution is 5.95. The van der Waals surface area contributed by atoms with Crippen LogP contribution in [0.3, 0.4) is 0 Å². The Morgan fingerprint density at radius 1 is 1.09 bits per heavy atom. The van der Waals surface area contributed by atoms with Gasteiger partial charge < -0.3 is 41.3 Å². The van der Waals surface area contributed by atoms with Crippen LogP contribution in [0.15, 0.2) is 24.3 Å². The number of aliphatic hydroxyl groups excluding tert-OH is 1. The third-order valence-corrected chi connectivity index (χ3v) is 8.50. The van der Waals surface area contributed by atoms with E-state index in [1.165, 1.54) is 7.11 Å². The minimum atomic E-state index is -0.881. The van der Waals surface area contributed by atoms with Crippen LogP contribution in [0, 0.1) is 11.3 Å². The second kappa shape index (κ2) is 16.2. The van der Waals surface area contributed by atoms with E-state index >= 15 is 0 Å². The van der Waals surface area contributed by atoms with Gasteiger partial charge >= 0.3 is 6.09 Å². The summed E-state index contributed by atoms with van der Waals surface area (Å²) in [4.78, 5) is 55.3. The Morgan fingerprint density at radius 2 is 1.77 bits per heavy atom. The molecule has 1 aromatic carbocycles. The third kappa shape index (κ3) is 10.2. The van der Waals surface area contributed by atoms with Crippen LogP contribution in [0.25, 0.3) is 0 Å². The summed E-state index contributed by atoms with van der Waals surface area (Å²) in [5, 5.41) is 20.0. The van der Waals surface area contributed by atoms with Gasteiger partial charge in [-0.3, -0.25) is 14.4 Å². The molecule has 44 heavy (non-hydrogen) atoms. The van der Waals surface area contributed by atoms with Crippen molar-refractivity contribution in [3.05, 3.63) is 29.8 Å². The van der Waals surface area contributed by atoms with E-state index in [4.69, 9.17) is 10.5 Å². The molecule has 3 rings (SSSR count). The minimum Gasteiger partial charge on any atom is -0.453 e. The van der Waals surface area contributed by atoms with Crippen LogP contribution in [-0.4, -0.2) is 97.9 Å². The van der Waals surface area contributed by atoms with Gasteiger partial charge in [-0.05, 0) is 61.7 Å². The van der Waals surface area contributed by atoms with E-state index in [0.29, 0.717) is 25.9 Å². The second-order valence-electron chi connectivity index (χ2n) is 13.3. The molecule has 2 aliphatic heterocycles. The van der Waals surface area contributed by atoms with Crippen LogP contribution in [0.5, 0.6) is 0 Å². The molecule has 6 N–H and O–H groups in total. The SMILES string of the molecule is COC(=O)NC1Cc2ccccc2N(C(=O)CC(C)(C)C[C@H](NC(=O)C(NC(=O)CN)C(C)C)[C@@H](O)CN2CCCCC2)C1. The number of nitrogens with zero attached hydrogens (tertiary/aromatic N) is 2. The number of amides is 4. The number of carbonyl (C=O) groups excluding carboxylic acids is 4. The van der Waals surface area contributed by atoms with Gasteiger partial charge in [-0.2, -0.15) is 0 Å². The number of alkyl carbamates (subject to hydrolysis) is 1. The zero-order valence-electron chi connectivity index (χ0n) is 26.9. The number of ether oxygens (including phenoxy) is 1. The van der Waals surface area contributed by atoms with Gasteiger partial charge in [0.2, 0.25) is 17.7 Å². The molecule has 0 bridgehead atoms. The number of hydrogen-bond donors (Lipinski definition) is 5. The molecule has 246 valence electrons. The van der Waals surface area contributed by atoms with E-state index in [-0.39, 0.29) is 30.8 Å². The second-order valence-corrected chi connectivity index (χ2v) is 13.3. The first-order valence-corrected chi connectivity index (χ1v) is 15.8. The topological polar surface area (TPSA) is 166 Å². The molecule has 2 heterocycles. The number of nitrogens with one attached hydrogen (secondary N) is 3. The number of piperidine rings is 1. The molecule has 2 unspecified atom stereocenters. The fourth-order valence-corrected chi connectivity index (χ4v) is 6.18. The summed E-state index contributed by atoms with van der Waals surface area (Å²) in [5.74, 6) is -1.15. The maximum absolute atomic E-state index is 13.9. The van der Waals surface area contributed by atoms with Gasteiger partial charge in [0.25, 0.3) is 0 Å². The van der Waals surface area contributed by atoms with Crippen LogP contribution in [0.4, 0.5) is 10.5 Å². The number of methoxy groups -OCH3 is 1. The molecule has 2 aliphatic rings. The lowest BCUT2D eigenvalue weighted by Crippen LogP contribution is -2.57. The van der Waals surface area contributed by atoms with Crippen LogP contribution >= 0.6 is 0 Å². The molecule has 0 saturated carbocycles. The Morgan fingerprint density at radius 3 is 2.41 bits per heavy atom. The quantitative estimate of drug-likeness (QED) is 0.223. The van der Waals surface area contributed by atoms with Crippen molar-refractivity contribution in [2.75, 3.05) is 44.7 Å². The number of rotatable bonds is 13. The maximum Gasteiger partial charge on any atom is 0.407 e. The smallest absolute Gasteiger partial charge is 0.407 e. The minimum absolute atomic E-state index is 0.121. The molecule has 1 fully saturated rings. The molecule has 1 saturated heterocycles. The predicted octanol–water partition coefficient (Wildman–Crippen LogP) is 1.54. The number of nitrogens with two attached hydrogens (primary N) is 1. The van der Waals surface area contributed by atoms with Gasteiger partial charge in [0, 0.05) is 25.2 Å². The first kappa shape index (κ1) is 35.3. The summed E-state index contributed by atoms with van der Waals surface area (Å²) in [6, 6.07) is 5.86. The molecule has 12 nitrogen and oxygen atoms in total. The zero-order chi connectivity index (χ0) is 32.4. The van der Waals surface area contributed by atoms with Crippen LogP contribution in [0.1, 0.15) is 65.4 Å². The lowest BCUT2D eigenvalue weighted by Gasteiger charge is -2.39. The van der Waals surface area contributed by atoms with Gasteiger partial charge in [0.15, 0.2) is 0 Å². The van der Waals surface area contributed by atoms with Crippen LogP contribution in [0.2, 0.25) is 0 Å². The fraction of sp³-hybridized carbons (Fsp3) is 0.688. The number of fused-ring (bicyclic) bond motifs is 1. The molecule has 4 atom stereocenters. The Kier molecular flexibility index (Phi) is 13.0. The Labute approximate surface area is 261 Å². The van der Waals surface area contributed by atoms with Crippen LogP contribution in [-0.2, 0) is 25.5 Å². The third-order valence-electron chi connectivity index (χ3n) is 8.50. The fourth-order valence-electron chi connectivity index (χ4n) is 6.18. The summed E-state index contributed by atoms with van der Waals surface area (Å²) in [6.07, 6.45) is 2.91. The number of benzene rings is 1. The number of aliphatic hydroxyl groups is 1. The van der Waals surface area contributed by atoms with E-state index in [9.17, 15) is 24.3 Å². The summed E-state index contributed by atoms with van der Waals surface area (Å²) in [6.45, 7) is 9.81. The molecular formula is C32H52N6O6. The molecule has 4 amide bonds. The predicted molar refractivity (Wildman–Crippen MR) is 169 cm³/mol. The molecule has 0 radical (unpaired) electrons. The monoisotopic (exact) mass is 616 g/mol. The molecular weight excluding hydrogens is 564 g/mol. The molecule has 1 aromatic rings. The first-order valence-electron chi connectivity index (χ1n) is 15.8. The highest BCUT2D eigenvalue weighted by Gasteiger charge is 2.37. The largest absolute Gasteiger partial charge is 0.453 e. The van der Waals surface area contributed by atoms with Crippen molar-refractivity contribution in [1.29, 1.82) is 0 Å². The van der Waals surface area contributed by atoms with Gasteiger partial charge in [0.05, 0.1) is 31.8 Å². The van der Waals surface area contributed by atoms with Crippen LogP contribution < -0.4 is 26.6 Å². The summed E-state index contributed by atoms with van der Waals surface area (Å²) in [7, 11) is 1.31. The molecule has 0 aromatic heterocycles. The van der Waals surface area contributed by atoms with Crippen molar-refractivity contribution in [2.45, 2.75) is 90.4 Å². The van der Waals surface area contributed by atoms with Gasteiger partial charge in [-0.25, -0.2) is 4.79 Å². The zero-order valence-corrected chi connectivity index (χ0v) is 26.9. The van der Waals surface area contributed by atoms with Crippen molar-refractivity contribution in [1.82, 2.24) is 20.9 Å². The Bertz CT molecular complexity index is 1140. The summed E-state index contributed by atoms with van der Waals surface area (Å²) < 4.78 is 4.78. The van der Waals surface area contributed by atoms with Crippen molar-refractivity contribution in [3.63, 3.8) is 0 Å². The lowest BCUT2D eigenvalue weighted by molar-refractivity contribution is -0.130. The lowest BCUT2D eigenvalue weighted by atomic mass is 9.80. The number of β-amino-alcohol motifs (C(OH)–C–C–N with tert-alkyl or cyclic N) is 1. The highest BCUT2D eigenvalue weighted by Crippen LogP contribution is 2.33. The van der Waals surface area contributed by atoms with E-state index in [1.807, 2.05) is 52.0 Å². The summed E-state index contributed by atoms with van der Waals surface area (Å²) in [5.41, 5.74) is 6.62. The van der Waals surface area contributed by atoms with E-state index in [1.54, 1.807) is 4.90 Å². The first-order chi connectivity index (χ1) is 20.8. The van der Waals surface area contributed by atoms with Crippen molar-refractivity contribution in [2.24, 2.45) is 17.1 Å². The standard InChI is InChI=1S/C32H52N6O6/c1-21(2)29(36-27(40)18-33)30(42)35-24(26(39)20-37-13-9-6-10-14-37)16-32(3,4)17-28(41)38-19-23(34-31(43)44-5)15-22-11-7-8-12-25(22)38/h7-8,11-12,21,23-24,26,29,39H,6,9-10,13-20,33H2,1-5H3,(H,34,43)(H,35,42)(H,36,40)/t23?,24-,26-,29?/m0/s1. The number of carbonyl (C=O) groups is 4. The van der Waals surface area contributed by atoms with Gasteiger partial charge in [0.1, 0.15) is 6.04 Å². The number of anilines is 1. The summed E-state index contributed by atoms with van der Waals surface area (Å²) >= 11 is 0. The van der Waals surface area contributed by atoms with Gasteiger partial charge in [-0.1, -0.05) is 52.3 Å². The highest BCUT2D eigenvalue weighted by atomic mass is 16.5. The van der Waals surface area contributed by atoms with Crippen molar-refractivity contribution >= 4 is 29.5 Å². The Hall–Kier alpha value is -3.22. The average Bonchev–Trinajstić information content (AvgIpc) is 2.98. The van der Waals surface area contributed by atoms with E-state index in [0.717, 1.165) is 43.6 Å². The van der Waals surface area contributed by atoms with Crippen molar-refractivity contribution in [3.8, 4) is 0 Å². The number of hydrogen-bond acceptors (Lipinski definition) is 8. The van der Waals surface area contributed by atoms with Gasteiger partial charge in [-0.15, -0.1) is 0 Å². The molecule has 0 aliphatic carbocycles. The maximum atomic E-state index is 13.9. The number of likely N-dealkylation sites (tertiary alicyclic amines) is 1. The molecule has 12 heteroatoms. The normalized spacial score (nSPS) is 19.4.